The van der Waals surface area contributed by atoms with Gasteiger partial charge in [0.2, 0.25) is 0 Å². The van der Waals surface area contributed by atoms with Gasteiger partial charge in [0, 0.05) is 39.4 Å². The van der Waals surface area contributed by atoms with Gasteiger partial charge in [-0.2, -0.15) is 0 Å². The summed E-state index contributed by atoms with van der Waals surface area (Å²) < 4.78 is 19.2. The zero-order chi connectivity index (χ0) is 26.9. The number of carbonyl (C=O) groups excluding carboxylic acids is 1. The molecule has 2 unspecified atom stereocenters. The van der Waals surface area contributed by atoms with Crippen molar-refractivity contribution in [3.63, 3.8) is 0 Å². The second-order valence-corrected chi connectivity index (χ2v) is 13.0. The zero-order valence-electron chi connectivity index (χ0n) is 22.4. The number of para-hydroxylation sites is 1. The number of fused-ring (bicyclic) bond motifs is 9. The molecule has 2 bridgehead atoms. The lowest BCUT2D eigenvalue weighted by Crippen LogP contribution is -2.75. The van der Waals surface area contributed by atoms with Crippen LogP contribution < -0.4 is 0 Å². The largest absolute Gasteiger partial charge is 0.394 e. The molecular weight excluding hydrogens is 486 g/mol. The third-order valence-corrected chi connectivity index (χ3v) is 10.9. The van der Waals surface area contributed by atoms with E-state index in [9.17, 15) is 20.1 Å². The minimum atomic E-state index is -1.62. The van der Waals surface area contributed by atoms with Crippen molar-refractivity contribution in [2.24, 2.45) is 11.3 Å². The van der Waals surface area contributed by atoms with Crippen molar-refractivity contribution in [1.82, 2.24) is 4.98 Å². The van der Waals surface area contributed by atoms with E-state index in [1.54, 1.807) is 6.08 Å². The van der Waals surface area contributed by atoms with Gasteiger partial charge in [0.1, 0.15) is 17.3 Å². The summed E-state index contributed by atoms with van der Waals surface area (Å²) in [7, 11) is 0. The Morgan fingerprint density at radius 3 is 2.71 bits per heavy atom. The molecule has 4 N–H and O–H groups in total. The van der Waals surface area contributed by atoms with Crippen LogP contribution in [0.4, 0.5) is 0 Å². The molecular formula is C30H37NO7. The molecule has 1 saturated heterocycles. The lowest BCUT2D eigenvalue weighted by atomic mass is 9.41. The molecule has 1 spiro atoms. The van der Waals surface area contributed by atoms with Crippen LogP contribution in [0.5, 0.6) is 0 Å². The third-order valence-electron chi connectivity index (χ3n) is 10.9. The predicted molar refractivity (Wildman–Crippen MR) is 138 cm³/mol. The van der Waals surface area contributed by atoms with Gasteiger partial charge in [0.15, 0.2) is 17.7 Å². The summed E-state index contributed by atoms with van der Waals surface area (Å²) in [6.07, 6.45) is 1.49. The Bertz CT molecular complexity index is 1380. The second kappa shape index (κ2) is 7.56. The maximum absolute atomic E-state index is 13.4. The normalized spacial score (nSPS) is 43.3. The van der Waals surface area contributed by atoms with Crippen molar-refractivity contribution in [3.05, 3.63) is 47.2 Å². The molecule has 0 radical (unpaired) electrons. The summed E-state index contributed by atoms with van der Waals surface area (Å²) in [6.45, 7) is 7.51. The second-order valence-electron chi connectivity index (χ2n) is 13.0. The molecule has 204 valence electrons. The molecule has 38 heavy (non-hydrogen) atoms. The van der Waals surface area contributed by atoms with E-state index in [0.29, 0.717) is 24.8 Å². The van der Waals surface area contributed by atoms with E-state index < -0.39 is 52.7 Å². The number of aliphatic hydroxyl groups excluding tert-OH is 2. The highest BCUT2D eigenvalue weighted by Gasteiger charge is 2.78. The Labute approximate surface area is 222 Å². The summed E-state index contributed by atoms with van der Waals surface area (Å²) in [5, 5.41) is 34.0. The van der Waals surface area contributed by atoms with Gasteiger partial charge in [-0.25, -0.2) is 0 Å². The van der Waals surface area contributed by atoms with Crippen LogP contribution in [0.1, 0.15) is 58.2 Å². The fourth-order valence-electron chi connectivity index (χ4n) is 8.87. The van der Waals surface area contributed by atoms with Gasteiger partial charge in [-0.15, -0.1) is 0 Å². The van der Waals surface area contributed by atoms with Crippen LogP contribution in [0.3, 0.4) is 0 Å². The Kier molecular flexibility index (Phi) is 4.96. The van der Waals surface area contributed by atoms with Crippen LogP contribution in [0.2, 0.25) is 0 Å². The Balaban J connectivity index is 1.43. The molecule has 3 aliphatic carbocycles. The summed E-state index contributed by atoms with van der Waals surface area (Å²) in [5.74, 6) is -1.26. The lowest BCUT2D eigenvalue weighted by Gasteiger charge is -2.67. The average molecular weight is 524 g/mol. The molecule has 0 amide bonds. The minimum Gasteiger partial charge on any atom is -0.394 e. The highest BCUT2D eigenvalue weighted by atomic mass is 16.8. The Morgan fingerprint density at radius 1 is 1.18 bits per heavy atom. The molecule has 2 aliphatic heterocycles. The molecule has 1 aromatic carbocycles. The molecule has 7 rings (SSSR count). The molecule has 5 aliphatic rings. The number of aromatic nitrogens is 1. The number of aromatic amines is 1. The van der Waals surface area contributed by atoms with Crippen molar-refractivity contribution in [2.75, 3.05) is 13.2 Å². The predicted octanol–water partition coefficient (Wildman–Crippen LogP) is 2.67. The number of rotatable bonds is 4. The zero-order valence-corrected chi connectivity index (χ0v) is 22.4. The molecule has 3 fully saturated rings. The van der Waals surface area contributed by atoms with E-state index in [-0.39, 0.29) is 18.3 Å². The molecule has 2 saturated carbocycles. The number of hydrogen-bond donors (Lipinski definition) is 4. The van der Waals surface area contributed by atoms with Gasteiger partial charge < -0.3 is 34.5 Å². The van der Waals surface area contributed by atoms with E-state index in [4.69, 9.17) is 14.2 Å². The van der Waals surface area contributed by atoms with Crippen LogP contribution in [-0.2, 0) is 30.8 Å². The maximum atomic E-state index is 13.4. The molecule has 3 heterocycles. The quantitative estimate of drug-likeness (QED) is 0.486. The van der Waals surface area contributed by atoms with Gasteiger partial charge in [0.25, 0.3) is 0 Å². The van der Waals surface area contributed by atoms with E-state index in [1.807, 2.05) is 19.9 Å². The van der Waals surface area contributed by atoms with Crippen molar-refractivity contribution in [2.45, 2.75) is 94.1 Å². The monoisotopic (exact) mass is 523 g/mol. The van der Waals surface area contributed by atoms with Crippen molar-refractivity contribution in [3.8, 4) is 0 Å². The standard InChI is InChI=1S/C30H37NO7/c1-26(2)25-21(34)13-22-29(37-25,38-26)10-9-27(3)28(4)16(12-23(30(22,27)35)36-15-17(33)14-32)11-19-18-7-5-6-8-20(18)31-24(19)28/h5-8,13,16-17,23,25,31-33,35H,9-12,14-15H2,1-4H3/t16-,17?,23+,25+,27-,28-,29?,30+/m1/s1. The molecule has 1 aromatic heterocycles. The number of H-pyrrole nitrogens is 1. The number of ether oxygens (including phenoxy) is 3. The van der Waals surface area contributed by atoms with E-state index >= 15 is 0 Å². The fourth-order valence-corrected chi connectivity index (χ4v) is 8.87. The van der Waals surface area contributed by atoms with E-state index in [1.165, 1.54) is 10.9 Å². The van der Waals surface area contributed by atoms with Crippen LogP contribution >= 0.6 is 0 Å². The van der Waals surface area contributed by atoms with Gasteiger partial charge in [0.05, 0.1) is 19.3 Å². The fraction of sp³-hybridized carbons (Fsp3) is 0.633. The molecule has 8 nitrogen and oxygen atoms in total. The first-order valence-corrected chi connectivity index (χ1v) is 13.8. The van der Waals surface area contributed by atoms with Gasteiger partial charge in [-0.1, -0.05) is 32.0 Å². The van der Waals surface area contributed by atoms with Crippen LogP contribution in [-0.4, -0.2) is 74.6 Å². The lowest BCUT2D eigenvalue weighted by molar-refractivity contribution is -0.282. The summed E-state index contributed by atoms with van der Waals surface area (Å²) in [6, 6.07) is 8.31. The Morgan fingerprint density at radius 2 is 1.95 bits per heavy atom. The van der Waals surface area contributed by atoms with Gasteiger partial charge in [-0.3, -0.25) is 4.79 Å². The summed E-state index contributed by atoms with van der Waals surface area (Å²) in [5.41, 5.74) is 0.265. The average Bonchev–Trinajstić information content (AvgIpc) is 3.47. The van der Waals surface area contributed by atoms with E-state index in [0.717, 1.165) is 17.6 Å². The summed E-state index contributed by atoms with van der Waals surface area (Å²) >= 11 is 0. The number of nitrogens with one attached hydrogen (secondary N) is 1. The molecule has 8 heteroatoms. The number of carbonyl (C=O) groups is 1. The first-order chi connectivity index (χ1) is 17.9. The highest BCUT2D eigenvalue weighted by molar-refractivity contribution is 5.97. The van der Waals surface area contributed by atoms with Crippen molar-refractivity contribution >= 4 is 16.7 Å². The van der Waals surface area contributed by atoms with Crippen LogP contribution in [0.25, 0.3) is 10.9 Å². The minimum absolute atomic E-state index is 0.124. The van der Waals surface area contributed by atoms with Crippen molar-refractivity contribution < 1.29 is 34.3 Å². The number of hydrogen-bond acceptors (Lipinski definition) is 7. The van der Waals surface area contributed by atoms with Crippen LogP contribution in [0.15, 0.2) is 35.9 Å². The summed E-state index contributed by atoms with van der Waals surface area (Å²) in [4.78, 5) is 17.1. The molecule has 8 atom stereocenters. The highest BCUT2D eigenvalue weighted by Crippen LogP contribution is 2.72. The van der Waals surface area contributed by atoms with E-state index in [2.05, 4.69) is 37.0 Å². The number of benzene rings is 1. The van der Waals surface area contributed by atoms with Crippen LogP contribution in [0, 0.1) is 11.3 Å². The van der Waals surface area contributed by atoms with Gasteiger partial charge in [-0.05, 0) is 56.7 Å². The topological polar surface area (TPSA) is 121 Å². The SMILES string of the molecule is CC1(C)OC23CC[C@]4(C)[C@@]5(C)c6[nH]c7ccccc7c6C[C@@H]5C[C@H](OCC(O)CO)[C@@]4(O)C2=CC(=O)[C@@H]1O3. The van der Waals surface area contributed by atoms with Gasteiger partial charge >= 0.3 is 0 Å². The number of ketones is 1. The first-order valence-electron chi connectivity index (χ1n) is 13.8. The third kappa shape index (κ3) is 2.74. The molecule has 2 aromatic rings. The number of aliphatic hydroxyl groups is 3. The first kappa shape index (κ1) is 24.9. The Hall–Kier alpha value is -2.07. The smallest absolute Gasteiger partial charge is 0.195 e. The van der Waals surface area contributed by atoms with Crippen molar-refractivity contribution in [1.29, 1.82) is 0 Å². The maximum Gasteiger partial charge on any atom is 0.195 e.